The zero-order valence-electron chi connectivity index (χ0n) is 10.1. The zero-order valence-corrected chi connectivity index (χ0v) is 10.1. The topological polar surface area (TPSA) is 15.3 Å². The Hall–Kier alpha value is -0.0800. The second kappa shape index (κ2) is 6.41. The maximum absolute atomic E-state index is 3.21. The first-order valence-corrected chi connectivity index (χ1v) is 6.11. The molecule has 14 heavy (non-hydrogen) atoms. The summed E-state index contributed by atoms with van der Waals surface area (Å²) in [7, 11) is 2.03. The average molecular weight is 198 g/mol. The third-order valence-electron chi connectivity index (χ3n) is 3.48. The number of rotatable bonds is 5. The van der Waals surface area contributed by atoms with E-state index in [0.717, 1.165) is 18.4 Å². The molecule has 1 aliphatic heterocycles. The molecule has 0 atom stereocenters. The molecule has 84 valence electrons. The van der Waals surface area contributed by atoms with Crippen LogP contribution in [0.25, 0.3) is 0 Å². The van der Waals surface area contributed by atoms with E-state index in [9.17, 15) is 0 Å². The summed E-state index contributed by atoms with van der Waals surface area (Å²) < 4.78 is 0. The highest BCUT2D eigenvalue weighted by atomic mass is 15.1. The highest BCUT2D eigenvalue weighted by Gasteiger charge is 2.20. The van der Waals surface area contributed by atoms with E-state index in [-0.39, 0.29) is 0 Å². The van der Waals surface area contributed by atoms with Gasteiger partial charge in [-0.3, -0.25) is 0 Å². The van der Waals surface area contributed by atoms with Gasteiger partial charge in [0.1, 0.15) is 0 Å². The molecule has 1 saturated heterocycles. The first kappa shape index (κ1) is 12.0. The van der Waals surface area contributed by atoms with Crippen LogP contribution < -0.4 is 5.32 Å². The fourth-order valence-electron chi connectivity index (χ4n) is 2.32. The summed E-state index contributed by atoms with van der Waals surface area (Å²) in [6, 6.07) is 0. The zero-order chi connectivity index (χ0) is 10.4. The van der Waals surface area contributed by atoms with Crippen LogP contribution in [0, 0.1) is 11.8 Å². The van der Waals surface area contributed by atoms with E-state index in [4.69, 9.17) is 0 Å². The Labute approximate surface area is 89.1 Å². The summed E-state index contributed by atoms with van der Waals surface area (Å²) in [5.74, 6) is 1.87. The lowest BCUT2D eigenvalue weighted by molar-refractivity contribution is 0.157. The third kappa shape index (κ3) is 3.97. The monoisotopic (exact) mass is 198 g/mol. The molecule has 1 aliphatic rings. The van der Waals surface area contributed by atoms with Gasteiger partial charge in [-0.25, -0.2) is 0 Å². The first-order valence-electron chi connectivity index (χ1n) is 6.11. The van der Waals surface area contributed by atoms with Gasteiger partial charge in [-0.05, 0) is 64.3 Å². The maximum atomic E-state index is 3.21. The molecule has 1 heterocycles. The van der Waals surface area contributed by atoms with Crippen molar-refractivity contribution in [3.8, 4) is 0 Å². The second-order valence-corrected chi connectivity index (χ2v) is 4.88. The molecule has 0 aromatic carbocycles. The molecule has 0 aliphatic carbocycles. The molecule has 1 N–H and O–H groups in total. The largest absolute Gasteiger partial charge is 0.320 e. The Morgan fingerprint density at radius 1 is 1.29 bits per heavy atom. The molecule has 1 rings (SSSR count). The van der Waals surface area contributed by atoms with Crippen LogP contribution in [0.4, 0.5) is 0 Å². The van der Waals surface area contributed by atoms with Gasteiger partial charge in [0.15, 0.2) is 0 Å². The lowest BCUT2D eigenvalue weighted by atomic mass is 9.87. The Balaban J connectivity index is 2.09. The van der Waals surface area contributed by atoms with E-state index in [0.29, 0.717) is 0 Å². The van der Waals surface area contributed by atoms with Crippen molar-refractivity contribution >= 4 is 0 Å². The van der Waals surface area contributed by atoms with Crippen molar-refractivity contribution in [1.82, 2.24) is 10.2 Å². The molecule has 0 aromatic rings. The Bertz CT molecular complexity index is 137. The summed E-state index contributed by atoms with van der Waals surface area (Å²) in [4.78, 5) is 2.62. The van der Waals surface area contributed by atoms with Gasteiger partial charge in [-0.1, -0.05) is 13.8 Å². The predicted molar refractivity (Wildman–Crippen MR) is 62.5 cm³/mol. The van der Waals surface area contributed by atoms with E-state index in [2.05, 4.69) is 24.1 Å². The minimum Gasteiger partial charge on any atom is -0.320 e. The fraction of sp³-hybridized carbons (Fsp3) is 1.00. The minimum absolute atomic E-state index is 0.884. The SMILES string of the molecule is CNCCCN1CCC(C(C)C)CC1. The molecule has 0 amide bonds. The molecule has 0 spiro atoms. The maximum Gasteiger partial charge on any atom is -0.000664 e. The van der Waals surface area contributed by atoms with Gasteiger partial charge in [-0.15, -0.1) is 0 Å². The molecule has 1 fully saturated rings. The van der Waals surface area contributed by atoms with Gasteiger partial charge < -0.3 is 10.2 Å². The standard InChI is InChI=1S/C12H26N2/c1-11(2)12-5-9-14(10-6-12)8-4-7-13-3/h11-13H,4-10H2,1-3H3. The molecule has 2 heteroatoms. The summed E-state index contributed by atoms with van der Waals surface area (Å²) in [6.07, 6.45) is 4.12. The molecular formula is C12H26N2. The van der Waals surface area contributed by atoms with Crippen molar-refractivity contribution in [1.29, 1.82) is 0 Å². The first-order chi connectivity index (χ1) is 6.74. The van der Waals surface area contributed by atoms with Gasteiger partial charge in [0.05, 0.1) is 0 Å². The highest BCUT2D eigenvalue weighted by molar-refractivity contribution is 4.74. The van der Waals surface area contributed by atoms with Crippen LogP contribution in [0.5, 0.6) is 0 Å². The van der Waals surface area contributed by atoms with Crippen molar-refractivity contribution in [2.75, 3.05) is 33.2 Å². The number of likely N-dealkylation sites (tertiary alicyclic amines) is 1. The predicted octanol–water partition coefficient (Wildman–Crippen LogP) is 1.96. The summed E-state index contributed by atoms with van der Waals surface area (Å²) in [6.45, 7) is 9.82. The average Bonchev–Trinajstić information content (AvgIpc) is 2.19. The van der Waals surface area contributed by atoms with Crippen molar-refractivity contribution in [2.45, 2.75) is 33.1 Å². The smallest absolute Gasteiger partial charge is 0.000664 e. The van der Waals surface area contributed by atoms with Gasteiger partial charge >= 0.3 is 0 Å². The number of nitrogens with one attached hydrogen (secondary N) is 1. The van der Waals surface area contributed by atoms with Gasteiger partial charge in [0.25, 0.3) is 0 Å². The normalized spacial score (nSPS) is 20.6. The number of hydrogen-bond donors (Lipinski definition) is 1. The summed E-state index contributed by atoms with van der Waals surface area (Å²) in [5.41, 5.74) is 0. The fourth-order valence-corrected chi connectivity index (χ4v) is 2.32. The molecule has 0 bridgehead atoms. The van der Waals surface area contributed by atoms with E-state index in [1.807, 2.05) is 7.05 Å². The molecule has 0 radical (unpaired) electrons. The van der Waals surface area contributed by atoms with Crippen molar-refractivity contribution < 1.29 is 0 Å². The third-order valence-corrected chi connectivity index (χ3v) is 3.48. The lowest BCUT2D eigenvalue weighted by Gasteiger charge is -2.33. The van der Waals surface area contributed by atoms with Crippen LogP contribution in [-0.4, -0.2) is 38.1 Å². The van der Waals surface area contributed by atoms with Crippen LogP contribution in [-0.2, 0) is 0 Å². The molecule has 0 unspecified atom stereocenters. The van der Waals surface area contributed by atoms with E-state index in [1.54, 1.807) is 0 Å². The van der Waals surface area contributed by atoms with E-state index < -0.39 is 0 Å². The van der Waals surface area contributed by atoms with Crippen LogP contribution in [0.1, 0.15) is 33.1 Å². The number of piperidine rings is 1. The van der Waals surface area contributed by atoms with Crippen molar-refractivity contribution in [3.63, 3.8) is 0 Å². The van der Waals surface area contributed by atoms with Crippen LogP contribution in [0.15, 0.2) is 0 Å². The quantitative estimate of drug-likeness (QED) is 0.679. The van der Waals surface area contributed by atoms with Gasteiger partial charge in [-0.2, -0.15) is 0 Å². The summed E-state index contributed by atoms with van der Waals surface area (Å²) >= 11 is 0. The van der Waals surface area contributed by atoms with E-state index in [1.165, 1.54) is 38.9 Å². The molecule has 0 saturated carbocycles. The van der Waals surface area contributed by atoms with Gasteiger partial charge in [0, 0.05) is 0 Å². The van der Waals surface area contributed by atoms with Crippen LogP contribution >= 0.6 is 0 Å². The summed E-state index contributed by atoms with van der Waals surface area (Å²) in [5, 5.41) is 3.21. The van der Waals surface area contributed by atoms with Gasteiger partial charge in [0.2, 0.25) is 0 Å². The van der Waals surface area contributed by atoms with Crippen LogP contribution in [0.3, 0.4) is 0 Å². The molecule has 0 aromatic heterocycles. The number of hydrogen-bond acceptors (Lipinski definition) is 2. The Morgan fingerprint density at radius 3 is 2.43 bits per heavy atom. The van der Waals surface area contributed by atoms with Crippen molar-refractivity contribution in [2.24, 2.45) is 11.8 Å². The van der Waals surface area contributed by atoms with Crippen LogP contribution in [0.2, 0.25) is 0 Å². The highest BCUT2D eigenvalue weighted by Crippen LogP contribution is 2.24. The minimum atomic E-state index is 0.884. The second-order valence-electron chi connectivity index (χ2n) is 4.88. The lowest BCUT2D eigenvalue weighted by Crippen LogP contribution is -2.36. The molecular weight excluding hydrogens is 172 g/mol. The van der Waals surface area contributed by atoms with E-state index >= 15 is 0 Å². The number of nitrogens with zero attached hydrogens (tertiary/aromatic N) is 1. The molecule has 2 nitrogen and oxygen atoms in total. The Morgan fingerprint density at radius 2 is 1.93 bits per heavy atom. The van der Waals surface area contributed by atoms with Crippen molar-refractivity contribution in [3.05, 3.63) is 0 Å². The Kier molecular flexibility index (Phi) is 5.49.